The van der Waals surface area contributed by atoms with Gasteiger partial charge in [0.2, 0.25) is 5.91 Å². The van der Waals surface area contributed by atoms with Gasteiger partial charge in [-0.1, -0.05) is 18.2 Å². The molecule has 70 valence electrons. The second-order valence-electron chi connectivity index (χ2n) is 2.96. The Morgan fingerprint density at radius 2 is 2.15 bits per heavy atom. The smallest absolute Gasteiger partial charge is 0.240 e. The van der Waals surface area contributed by atoms with Gasteiger partial charge in [0.05, 0.1) is 0 Å². The molecule has 13 heavy (non-hydrogen) atoms. The monoisotopic (exact) mass is 198 g/mol. The van der Waals surface area contributed by atoms with E-state index in [1.807, 2.05) is 24.3 Å². The first-order valence-corrected chi connectivity index (χ1v) is 3.91. The molecule has 1 aliphatic heterocycles. The number of para-hydroxylation sites is 1. The highest BCUT2D eigenvalue weighted by molar-refractivity contribution is 5.86. The number of nitrogens with two attached hydrogens (primary N) is 1. The molecule has 4 heteroatoms. The Hall–Kier alpha value is -1.22. The summed E-state index contributed by atoms with van der Waals surface area (Å²) < 4.78 is 0. The zero-order valence-electron chi connectivity index (χ0n) is 6.99. The molecule has 1 unspecified atom stereocenters. The number of hydrogen-bond donors (Lipinski definition) is 2. The van der Waals surface area contributed by atoms with Crippen LogP contribution in [0.25, 0.3) is 0 Å². The van der Waals surface area contributed by atoms with Crippen molar-refractivity contribution in [2.45, 2.75) is 12.5 Å². The van der Waals surface area contributed by atoms with Crippen molar-refractivity contribution >= 4 is 24.0 Å². The molecular formula is C9H11ClN2O. The van der Waals surface area contributed by atoms with E-state index in [-0.39, 0.29) is 24.4 Å². The molecule has 0 spiro atoms. The summed E-state index contributed by atoms with van der Waals surface area (Å²) in [7, 11) is 0. The van der Waals surface area contributed by atoms with Gasteiger partial charge in [0, 0.05) is 12.1 Å². The van der Waals surface area contributed by atoms with Gasteiger partial charge in [-0.15, -0.1) is 12.4 Å². The molecule has 1 aromatic rings. The lowest BCUT2D eigenvalue weighted by Gasteiger charge is -2.04. The molecule has 0 saturated carbocycles. The van der Waals surface area contributed by atoms with E-state index >= 15 is 0 Å². The highest BCUT2D eigenvalue weighted by Crippen LogP contribution is 2.24. The number of rotatable bonds is 1. The number of carbonyl (C=O) groups excluding carboxylic acids is 1. The Labute approximate surface area is 82.7 Å². The minimum Gasteiger partial charge on any atom is -0.373 e. The normalized spacial score (nSPS) is 18.3. The quantitative estimate of drug-likeness (QED) is 0.706. The summed E-state index contributed by atoms with van der Waals surface area (Å²) in [5.41, 5.74) is 7.37. The molecule has 1 atom stereocenters. The molecule has 0 fully saturated rings. The van der Waals surface area contributed by atoms with E-state index in [0.29, 0.717) is 6.42 Å². The maximum atomic E-state index is 10.8. The molecule has 0 saturated heterocycles. The number of nitrogens with one attached hydrogen (secondary N) is 1. The molecule has 1 aliphatic rings. The lowest BCUT2D eigenvalue weighted by Crippen LogP contribution is -2.33. The van der Waals surface area contributed by atoms with Crippen LogP contribution >= 0.6 is 12.4 Å². The lowest BCUT2D eigenvalue weighted by atomic mass is 10.1. The number of amides is 1. The first-order valence-electron chi connectivity index (χ1n) is 3.91. The Morgan fingerprint density at radius 3 is 2.77 bits per heavy atom. The van der Waals surface area contributed by atoms with Crippen molar-refractivity contribution in [1.29, 1.82) is 0 Å². The van der Waals surface area contributed by atoms with Crippen LogP contribution in [0.2, 0.25) is 0 Å². The van der Waals surface area contributed by atoms with E-state index in [2.05, 4.69) is 5.32 Å². The molecule has 0 aromatic heterocycles. The van der Waals surface area contributed by atoms with Gasteiger partial charge in [-0.3, -0.25) is 4.79 Å². The Morgan fingerprint density at radius 1 is 1.46 bits per heavy atom. The molecule has 0 radical (unpaired) electrons. The van der Waals surface area contributed by atoms with Crippen molar-refractivity contribution in [3.05, 3.63) is 29.8 Å². The van der Waals surface area contributed by atoms with E-state index in [9.17, 15) is 4.79 Å². The number of benzene rings is 1. The van der Waals surface area contributed by atoms with Crippen LogP contribution in [-0.4, -0.2) is 11.9 Å². The largest absolute Gasteiger partial charge is 0.373 e. The zero-order valence-corrected chi connectivity index (χ0v) is 7.80. The fourth-order valence-electron chi connectivity index (χ4n) is 1.47. The highest BCUT2D eigenvalue weighted by Gasteiger charge is 2.23. The SMILES string of the molecule is Cl.NC(=O)C1Cc2ccccc2N1. The van der Waals surface area contributed by atoms with Gasteiger partial charge in [-0.25, -0.2) is 0 Å². The van der Waals surface area contributed by atoms with Gasteiger partial charge in [0.15, 0.2) is 0 Å². The summed E-state index contributed by atoms with van der Waals surface area (Å²) in [6.07, 6.45) is 0.714. The second-order valence-corrected chi connectivity index (χ2v) is 2.96. The van der Waals surface area contributed by atoms with E-state index in [4.69, 9.17) is 5.73 Å². The molecule has 1 amide bonds. The van der Waals surface area contributed by atoms with E-state index in [1.165, 1.54) is 5.56 Å². The van der Waals surface area contributed by atoms with Crippen molar-refractivity contribution in [2.24, 2.45) is 5.73 Å². The van der Waals surface area contributed by atoms with Crippen LogP contribution in [0.5, 0.6) is 0 Å². The fraction of sp³-hybridized carbons (Fsp3) is 0.222. The molecule has 1 aromatic carbocycles. The number of halogens is 1. The first kappa shape index (κ1) is 9.86. The third kappa shape index (κ3) is 1.75. The summed E-state index contributed by atoms with van der Waals surface area (Å²) in [6, 6.07) is 7.64. The number of fused-ring (bicyclic) bond motifs is 1. The third-order valence-corrected chi connectivity index (χ3v) is 2.11. The summed E-state index contributed by atoms with van der Waals surface area (Å²) in [5, 5.41) is 3.06. The van der Waals surface area contributed by atoms with E-state index in [0.717, 1.165) is 5.69 Å². The molecule has 0 aliphatic carbocycles. The van der Waals surface area contributed by atoms with Gasteiger partial charge in [-0.2, -0.15) is 0 Å². The summed E-state index contributed by atoms with van der Waals surface area (Å²) in [4.78, 5) is 10.8. The molecule has 3 nitrogen and oxygen atoms in total. The van der Waals surface area contributed by atoms with Crippen molar-refractivity contribution in [2.75, 3.05) is 5.32 Å². The molecule has 2 rings (SSSR count). The van der Waals surface area contributed by atoms with Crippen LogP contribution in [-0.2, 0) is 11.2 Å². The van der Waals surface area contributed by atoms with E-state index in [1.54, 1.807) is 0 Å². The summed E-state index contributed by atoms with van der Waals surface area (Å²) in [5.74, 6) is -0.286. The molecule has 3 N–H and O–H groups in total. The Bertz CT molecular complexity index is 302. The number of primary amides is 1. The third-order valence-electron chi connectivity index (χ3n) is 2.11. The maximum absolute atomic E-state index is 10.8. The predicted molar refractivity (Wildman–Crippen MR) is 54.0 cm³/mol. The first-order chi connectivity index (χ1) is 5.77. The van der Waals surface area contributed by atoms with Gasteiger partial charge < -0.3 is 11.1 Å². The molecule has 1 heterocycles. The van der Waals surface area contributed by atoms with Gasteiger partial charge in [0.25, 0.3) is 0 Å². The van der Waals surface area contributed by atoms with Crippen LogP contribution in [0.3, 0.4) is 0 Å². The minimum absolute atomic E-state index is 0. The average molecular weight is 199 g/mol. The maximum Gasteiger partial charge on any atom is 0.240 e. The number of anilines is 1. The zero-order chi connectivity index (χ0) is 8.55. The van der Waals surface area contributed by atoms with Crippen molar-refractivity contribution in [3.8, 4) is 0 Å². The van der Waals surface area contributed by atoms with Crippen LogP contribution in [0, 0.1) is 0 Å². The number of hydrogen-bond acceptors (Lipinski definition) is 2. The van der Waals surface area contributed by atoms with Crippen molar-refractivity contribution in [3.63, 3.8) is 0 Å². The Balaban J connectivity index is 0.000000845. The van der Waals surface area contributed by atoms with E-state index < -0.39 is 0 Å². The summed E-state index contributed by atoms with van der Waals surface area (Å²) in [6.45, 7) is 0. The van der Waals surface area contributed by atoms with Gasteiger partial charge in [-0.05, 0) is 11.6 Å². The van der Waals surface area contributed by atoms with Crippen molar-refractivity contribution < 1.29 is 4.79 Å². The van der Waals surface area contributed by atoms with Crippen molar-refractivity contribution in [1.82, 2.24) is 0 Å². The Kier molecular flexibility index (Phi) is 2.78. The van der Waals surface area contributed by atoms with Crippen LogP contribution in [0.15, 0.2) is 24.3 Å². The lowest BCUT2D eigenvalue weighted by molar-refractivity contribution is -0.118. The topological polar surface area (TPSA) is 55.1 Å². The minimum atomic E-state index is -0.286. The fourth-order valence-corrected chi connectivity index (χ4v) is 1.47. The second kappa shape index (κ2) is 3.66. The van der Waals surface area contributed by atoms with Gasteiger partial charge >= 0.3 is 0 Å². The van der Waals surface area contributed by atoms with Crippen LogP contribution in [0.4, 0.5) is 5.69 Å². The van der Waals surface area contributed by atoms with Gasteiger partial charge in [0.1, 0.15) is 6.04 Å². The summed E-state index contributed by atoms with van der Waals surface area (Å²) >= 11 is 0. The molecular weight excluding hydrogens is 188 g/mol. The standard InChI is InChI=1S/C9H10N2O.ClH/c10-9(12)8-5-6-3-1-2-4-7(6)11-8;/h1-4,8,11H,5H2,(H2,10,12);1H. The average Bonchev–Trinajstić information content (AvgIpc) is 2.46. The predicted octanol–water partition coefficient (Wildman–Crippen LogP) is 0.930. The molecule has 0 bridgehead atoms. The highest BCUT2D eigenvalue weighted by atomic mass is 35.5. The van der Waals surface area contributed by atoms with Crippen LogP contribution < -0.4 is 11.1 Å². The van der Waals surface area contributed by atoms with Crippen LogP contribution in [0.1, 0.15) is 5.56 Å². The number of carbonyl (C=O) groups is 1.